The standard InChI is InChI=1S/C22H24N2O2S2/c1-16(2)15-27-20-13-18(24-22-11-7-8-12-23-22)14-21(17(20)3)28(25,26)19-9-5-4-6-10-19/h4-14,16H,15H2,1-3H3,(H,23,24). The van der Waals surface area contributed by atoms with E-state index in [0.717, 1.165) is 16.2 Å². The number of sulfone groups is 1. The Morgan fingerprint density at radius 3 is 2.39 bits per heavy atom. The predicted molar refractivity (Wildman–Crippen MR) is 116 cm³/mol. The lowest BCUT2D eigenvalue weighted by Crippen LogP contribution is -2.07. The van der Waals surface area contributed by atoms with Gasteiger partial charge in [-0.3, -0.25) is 0 Å². The van der Waals surface area contributed by atoms with Crippen LogP contribution in [0.2, 0.25) is 0 Å². The first-order chi connectivity index (χ1) is 13.4. The van der Waals surface area contributed by atoms with Crippen LogP contribution in [-0.4, -0.2) is 19.2 Å². The summed E-state index contributed by atoms with van der Waals surface area (Å²) >= 11 is 1.68. The second-order valence-corrected chi connectivity index (χ2v) is 9.94. The zero-order valence-electron chi connectivity index (χ0n) is 16.2. The quantitative estimate of drug-likeness (QED) is 0.503. The zero-order chi connectivity index (χ0) is 20.1. The third-order valence-corrected chi connectivity index (χ3v) is 7.63. The third kappa shape index (κ3) is 4.75. The normalized spacial score (nSPS) is 11.6. The van der Waals surface area contributed by atoms with Gasteiger partial charge in [-0.2, -0.15) is 0 Å². The molecule has 0 spiro atoms. The Bertz CT molecular complexity index is 1030. The van der Waals surface area contributed by atoms with Gasteiger partial charge in [-0.1, -0.05) is 38.1 Å². The molecule has 0 atom stereocenters. The molecule has 1 N–H and O–H groups in total. The van der Waals surface area contributed by atoms with Crippen molar-refractivity contribution in [2.75, 3.05) is 11.1 Å². The summed E-state index contributed by atoms with van der Waals surface area (Å²) in [4.78, 5) is 5.87. The fraction of sp³-hybridized carbons (Fsp3) is 0.227. The first kappa shape index (κ1) is 20.4. The minimum atomic E-state index is -3.62. The number of pyridine rings is 1. The molecule has 3 rings (SSSR count). The minimum Gasteiger partial charge on any atom is -0.340 e. The SMILES string of the molecule is Cc1c(SCC(C)C)cc(Nc2ccccn2)cc1S(=O)(=O)c1ccccc1. The van der Waals surface area contributed by atoms with Crippen molar-refractivity contribution in [2.45, 2.75) is 35.5 Å². The zero-order valence-corrected chi connectivity index (χ0v) is 17.8. The Hall–Kier alpha value is -2.31. The van der Waals surface area contributed by atoms with Crippen molar-refractivity contribution in [1.29, 1.82) is 0 Å². The van der Waals surface area contributed by atoms with Crippen molar-refractivity contribution in [2.24, 2.45) is 5.92 Å². The Morgan fingerprint density at radius 2 is 1.75 bits per heavy atom. The second kappa shape index (κ2) is 8.80. The van der Waals surface area contributed by atoms with E-state index >= 15 is 0 Å². The number of nitrogens with zero attached hydrogens (tertiary/aromatic N) is 1. The highest BCUT2D eigenvalue weighted by Crippen LogP contribution is 2.35. The molecule has 0 unspecified atom stereocenters. The fourth-order valence-electron chi connectivity index (χ4n) is 2.73. The van der Waals surface area contributed by atoms with Gasteiger partial charge in [-0.25, -0.2) is 13.4 Å². The van der Waals surface area contributed by atoms with Gasteiger partial charge >= 0.3 is 0 Å². The van der Waals surface area contributed by atoms with Crippen molar-refractivity contribution >= 4 is 33.1 Å². The van der Waals surface area contributed by atoms with Gasteiger partial charge in [0.25, 0.3) is 0 Å². The Kier molecular flexibility index (Phi) is 6.42. The maximum absolute atomic E-state index is 13.3. The van der Waals surface area contributed by atoms with Crippen LogP contribution in [0.4, 0.5) is 11.5 Å². The molecule has 0 radical (unpaired) electrons. The first-order valence-electron chi connectivity index (χ1n) is 9.13. The van der Waals surface area contributed by atoms with Crippen molar-refractivity contribution < 1.29 is 8.42 Å². The molecule has 1 aromatic heterocycles. The van der Waals surface area contributed by atoms with E-state index in [1.165, 1.54) is 0 Å². The molecule has 6 heteroatoms. The van der Waals surface area contributed by atoms with E-state index in [2.05, 4.69) is 24.1 Å². The molecule has 0 amide bonds. The smallest absolute Gasteiger partial charge is 0.206 e. The molecule has 0 aliphatic carbocycles. The second-order valence-electron chi connectivity index (χ2n) is 6.96. The van der Waals surface area contributed by atoms with Crippen molar-refractivity contribution in [3.63, 3.8) is 0 Å². The predicted octanol–water partition coefficient (Wildman–Crippen LogP) is 5.71. The van der Waals surface area contributed by atoms with Crippen LogP contribution in [0.5, 0.6) is 0 Å². The van der Waals surface area contributed by atoms with Gasteiger partial charge < -0.3 is 5.32 Å². The number of nitrogens with one attached hydrogen (secondary N) is 1. The van der Waals surface area contributed by atoms with Crippen molar-refractivity contribution in [1.82, 2.24) is 4.98 Å². The Morgan fingerprint density at radius 1 is 1.04 bits per heavy atom. The summed E-state index contributed by atoms with van der Waals surface area (Å²) in [6.07, 6.45) is 1.70. The molecule has 0 saturated carbocycles. The molecular weight excluding hydrogens is 388 g/mol. The number of rotatable bonds is 7. The van der Waals surface area contributed by atoms with Crippen LogP contribution >= 0.6 is 11.8 Å². The van der Waals surface area contributed by atoms with Gasteiger partial charge in [-0.05, 0) is 54.8 Å². The molecule has 0 aliphatic heterocycles. The highest BCUT2D eigenvalue weighted by atomic mass is 32.2. The molecule has 0 fully saturated rings. The lowest BCUT2D eigenvalue weighted by atomic mass is 10.2. The molecule has 0 saturated heterocycles. The van der Waals surface area contributed by atoms with E-state index in [1.807, 2.05) is 37.3 Å². The van der Waals surface area contributed by atoms with Crippen LogP contribution in [0.25, 0.3) is 0 Å². The number of hydrogen-bond donors (Lipinski definition) is 1. The van der Waals surface area contributed by atoms with Crippen LogP contribution in [0.1, 0.15) is 19.4 Å². The fourth-order valence-corrected chi connectivity index (χ4v) is 5.41. The summed E-state index contributed by atoms with van der Waals surface area (Å²) in [6.45, 7) is 6.18. The average molecular weight is 413 g/mol. The van der Waals surface area contributed by atoms with E-state index in [9.17, 15) is 8.42 Å². The van der Waals surface area contributed by atoms with Gasteiger partial charge in [0.15, 0.2) is 0 Å². The topological polar surface area (TPSA) is 59.1 Å². The number of aromatic nitrogens is 1. The third-order valence-electron chi connectivity index (χ3n) is 4.16. The molecule has 3 aromatic rings. The Balaban J connectivity index is 2.09. The van der Waals surface area contributed by atoms with Crippen molar-refractivity contribution in [3.05, 3.63) is 72.4 Å². The summed E-state index contributed by atoms with van der Waals surface area (Å²) in [5, 5.41) is 3.23. The van der Waals surface area contributed by atoms with E-state index in [0.29, 0.717) is 27.2 Å². The molecule has 1 heterocycles. The molecule has 0 aliphatic rings. The summed E-state index contributed by atoms with van der Waals surface area (Å²) in [5.74, 6) is 2.10. The monoisotopic (exact) mass is 412 g/mol. The van der Waals surface area contributed by atoms with Crippen LogP contribution in [0.3, 0.4) is 0 Å². The Labute approximate surface area is 171 Å². The lowest BCUT2D eigenvalue weighted by Gasteiger charge is -2.16. The van der Waals surface area contributed by atoms with E-state index < -0.39 is 9.84 Å². The highest BCUT2D eigenvalue weighted by molar-refractivity contribution is 7.99. The number of anilines is 2. The molecule has 28 heavy (non-hydrogen) atoms. The highest BCUT2D eigenvalue weighted by Gasteiger charge is 2.22. The maximum Gasteiger partial charge on any atom is 0.206 e. The van der Waals surface area contributed by atoms with Gasteiger partial charge in [0.2, 0.25) is 9.84 Å². The molecule has 0 bridgehead atoms. The summed E-state index contributed by atoms with van der Waals surface area (Å²) in [6, 6.07) is 17.9. The molecule has 4 nitrogen and oxygen atoms in total. The van der Waals surface area contributed by atoms with Crippen LogP contribution < -0.4 is 5.32 Å². The van der Waals surface area contributed by atoms with Gasteiger partial charge in [0, 0.05) is 22.5 Å². The summed E-state index contributed by atoms with van der Waals surface area (Å²) in [5.41, 5.74) is 1.49. The number of thioether (sulfide) groups is 1. The maximum atomic E-state index is 13.3. The van der Waals surface area contributed by atoms with E-state index in [1.54, 1.807) is 48.3 Å². The van der Waals surface area contributed by atoms with Crippen LogP contribution in [0, 0.1) is 12.8 Å². The number of hydrogen-bond acceptors (Lipinski definition) is 5. The average Bonchev–Trinajstić information content (AvgIpc) is 2.69. The largest absolute Gasteiger partial charge is 0.340 e. The first-order valence-corrected chi connectivity index (χ1v) is 11.6. The summed E-state index contributed by atoms with van der Waals surface area (Å²) < 4.78 is 26.6. The van der Waals surface area contributed by atoms with E-state index in [-0.39, 0.29) is 0 Å². The lowest BCUT2D eigenvalue weighted by molar-refractivity contribution is 0.595. The van der Waals surface area contributed by atoms with Crippen LogP contribution in [0.15, 0.2) is 81.5 Å². The van der Waals surface area contributed by atoms with Crippen LogP contribution in [-0.2, 0) is 9.84 Å². The molecular formula is C22H24N2O2S2. The summed E-state index contributed by atoms with van der Waals surface area (Å²) in [7, 11) is -3.62. The van der Waals surface area contributed by atoms with E-state index in [4.69, 9.17) is 0 Å². The van der Waals surface area contributed by atoms with Gasteiger partial charge in [0.1, 0.15) is 5.82 Å². The molecule has 2 aromatic carbocycles. The number of benzene rings is 2. The van der Waals surface area contributed by atoms with Gasteiger partial charge in [0.05, 0.1) is 9.79 Å². The van der Waals surface area contributed by atoms with Gasteiger partial charge in [-0.15, -0.1) is 11.8 Å². The van der Waals surface area contributed by atoms with Crippen molar-refractivity contribution in [3.8, 4) is 0 Å². The molecule has 146 valence electrons. The minimum absolute atomic E-state index is 0.299.